The Morgan fingerprint density at radius 2 is 1.93 bits per heavy atom. The fraction of sp³-hybridized carbons (Fsp3) is 0.458. The predicted molar refractivity (Wildman–Crippen MR) is 111 cm³/mol. The molecule has 5 rings (SSSR count). The van der Waals surface area contributed by atoms with Gasteiger partial charge in [0.25, 0.3) is 0 Å². The molecule has 1 spiro atoms. The lowest BCUT2D eigenvalue weighted by atomic mass is 9.95. The second-order valence-corrected chi connectivity index (χ2v) is 8.71. The topological polar surface area (TPSA) is 53.0 Å². The number of β-amino-alcohol motifs (C(OH)–C–C–N with tert-alkyl or cyclic N) is 1. The van der Waals surface area contributed by atoms with E-state index in [4.69, 9.17) is 4.74 Å². The quantitative estimate of drug-likeness (QED) is 0.872. The first-order valence-electron chi connectivity index (χ1n) is 10.5. The second kappa shape index (κ2) is 7.15. The van der Waals surface area contributed by atoms with E-state index < -0.39 is 6.10 Å². The highest BCUT2D eigenvalue weighted by molar-refractivity contribution is 5.74. The molecule has 0 bridgehead atoms. The summed E-state index contributed by atoms with van der Waals surface area (Å²) >= 11 is 0. The number of hydrogen-bond acceptors (Lipinski definition) is 4. The van der Waals surface area contributed by atoms with E-state index >= 15 is 0 Å². The maximum atomic E-state index is 12.0. The SMILES string of the molecule is CC(=O)N1C[C@H](O)[C@@]2(C1)[C@H](CN1CCOc3ccccc3C1)[C@H]2c1ccccc1. The van der Waals surface area contributed by atoms with Crippen molar-refractivity contribution in [2.24, 2.45) is 11.3 Å². The minimum atomic E-state index is -0.475. The number of aliphatic hydroxyl groups excluding tert-OH is 1. The summed E-state index contributed by atoms with van der Waals surface area (Å²) in [5.41, 5.74) is 2.25. The maximum Gasteiger partial charge on any atom is 0.219 e. The molecule has 0 radical (unpaired) electrons. The van der Waals surface area contributed by atoms with E-state index in [1.807, 2.05) is 23.1 Å². The van der Waals surface area contributed by atoms with Gasteiger partial charge in [-0.05, 0) is 23.5 Å². The van der Waals surface area contributed by atoms with Crippen LogP contribution in [0.3, 0.4) is 0 Å². The average molecular weight is 392 g/mol. The van der Waals surface area contributed by atoms with Crippen LogP contribution in [0.5, 0.6) is 5.75 Å². The van der Waals surface area contributed by atoms with Gasteiger partial charge in [-0.15, -0.1) is 0 Å². The summed E-state index contributed by atoms with van der Waals surface area (Å²) in [6.45, 7) is 6.00. The number of para-hydroxylation sites is 1. The van der Waals surface area contributed by atoms with Gasteiger partial charge in [-0.25, -0.2) is 0 Å². The zero-order valence-corrected chi connectivity index (χ0v) is 16.8. The molecule has 1 amide bonds. The van der Waals surface area contributed by atoms with Crippen molar-refractivity contribution in [2.45, 2.75) is 25.5 Å². The molecule has 1 aliphatic carbocycles. The van der Waals surface area contributed by atoms with E-state index in [-0.39, 0.29) is 17.2 Å². The maximum absolute atomic E-state index is 12.0. The Balaban J connectivity index is 1.41. The van der Waals surface area contributed by atoms with Crippen LogP contribution in [0.2, 0.25) is 0 Å². The normalized spacial score (nSPS) is 31.2. The van der Waals surface area contributed by atoms with Gasteiger partial charge in [0.1, 0.15) is 12.4 Å². The molecule has 152 valence electrons. The Hall–Kier alpha value is -2.37. The molecule has 5 nitrogen and oxygen atoms in total. The number of rotatable bonds is 3. The van der Waals surface area contributed by atoms with Gasteiger partial charge in [0, 0.05) is 50.6 Å². The molecular weight excluding hydrogens is 364 g/mol. The number of amides is 1. The smallest absolute Gasteiger partial charge is 0.219 e. The van der Waals surface area contributed by atoms with Crippen LogP contribution in [0.25, 0.3) is 0 Å². The lowest BCUT2D eigenvalue weighted by Crippen LogP contribution is -2.31. The molecule has 2 aromatic rings. The van der Waals surface area contributed by atoms with Crippen LogP contribution in [-0.4, -0.2) is 59.7 Å². The average Bonchev–Trinajstić information content (AvgIpc) is 3.29. The third-order valence-electron chi connectivity index (χ3n) is 7.13. The Kier molecular flexibility index (Phi) is 4.60. The monoisotopic (exact) mass is 392 g/mol. The second-order valence-electron chi connectivity index (χ2n) is 8.71. The van der Waals surface area contributed by atoms with Gasteiger partial charge in [-0.2, -0.15) is 0 Å². The molecule has 2 aromatic carbocycles. The summed E-state index contributed by atoms with van der Waals surface area (Å²) in [7, 11) is 0. The fourth-order valence-electron chi connectivity index (χ4n) is 5.62. The third kappa shape index (κ3) is 3.13. The van der Waals surface area contributed by atoms with E-state index in [0.29, 0.717) is 25.6 Å². The van der Waals surface area contributed by atoms with Crippen LogP contribution in [0.4, 0.5) is 0 Å². The number of carbonyl (C=O) groups excluding carboxylic acids is 1. The van der Waals surface area contributed by atoms with Gasteiger partial charge < -0.3 is 14.7 Å². The van der Waals surface area contributed by atoms with Crippen LogP contribution >= 0.6 is 0 Å². The summed E-state index contributed by atoms with van der Waals surface area (Å²) in [5, 5.41) is 11.0. The van der Waals surface area contributed by atoms with Crippen molar-refractivity contribution in [1.82, 2.24) is 9.80 Å². The van der Waals surface area contributed by atoms with Crippen LogP contribution in [-0.2, 0) is 11.3 Å². The van der Waals surface area contributed by atoms with Gasteiger partial charge in [0.15, 0.2) is 0 Å². The molecule has 1 saturated carbocycles. The molecule has 0 aromatic heterocycles. The van der Waals surface area contributed by atoms with Gasteiger partial charge in [0.05, 0.1) is 6.10 Å². The van der Waals surface area contributed by atoms with E-state index in [1.165, 1.54) is 11.1 Å². The summed E-state index contributed by atoms with van der Waals surface area (Å²) in [6, 6.07) is 18.7. The summed E-state index contributed by atoms with van der Waals surface area (Å²) in [6.07, 6.45) is -0.475. The molecular formula is C24H28N2O3. The number of hydrogen-bond donors (Lipinski definition) is 1. The Bertz CT molecular complexity index is 902. The lowest BCUT2D eigenvalue weighted by Gasteiger charge is -2.21. The number of carbonyl (C=O) groups is 1. The molecule has 5 heteroatoms. The van der Waals surface area contributed by atoms with Gasteiger partial charge in [0.2, 0.25) is 5.91 Å². The zero-order chi connectivity index (χ0) is 20.0. The lowest BCUT2D eigenvalue weighted by molar-refractivity contribution is -0.128. The van der Waals surface area contributed by atoms with Crippen molar-refractivity contribution in [3.05, 3.63) is 65.7 Å². The highest BCUT2D eigenvalue weighted by atomic mass is 16.5. The molecule has 2 fully saturated rings. The van der Waals surface area contributed by atoms with Gasteiger partial charge >= 0.3 is 0 Å². The molecule has 4 atom stereocenters. The van der Waals surface area contributed by atoms with E-state index in [0.717, 1.165) is 25.4 Å². The van der Waals surface area contributed by atoms with Gasteiger partial charge in [-0.3, -0.25) is 9.69 Å². The minimum absolute atomic E-state index is 0.0514. The molecule has 1 saturated heterocycles. The van der Waals surface area contributed by atoms with Gasteiger partial charge in [-0.1, -0.05) is 48.5 Å². The summed E-state index contributed by atoms with van der Waals surface area (Å²) < 4.78 is 5.93. The van der Waals surface area contributed by atoms with E-state index in [2.05, 4.69) is 41.3 Å². The highest BCUT2D eigenvalue weighted by Crippen LogP contribution is 2.69. The molecule has 2 heterocycles. The largest absolute Gasteiger partial charge is 0.492 e. The Labute approximate surface area is 171 Å². The van der Waals surface area contributed by atoms with E-state index in [1.54, 1.807) is 6.92 Å². The number of nitrogens with zero attached hydrogens (tertiary/aromatic N) is 2. The molecule has 3 aliphatic rings. The fourth-order valence-corrected chi connectivity index (χ4v) is 5.62. The van der Waals surface area contributed by atoms with Crippen LogP contribution in [0.15, 0.2) is 54.6 Å². The first-order valence-corrected chi connectivity index (χ1v) is 10.5. The summed E-state index contributed by atoms with van der Waals surface area (Å²) in [5.74, 6) is 1.64. The standard InChI is InChI=1S/C24H28N2O3/c1-17(27)26-15-22(28)24(16-26)20(23(24)18-7-3-2-4-8-18)14-25-11-12-29-21-10-6-5-9-19(21)13-25/h2-10,20,22-23,28H,11-16H2,1H3/t20-,22+,23-,24-/m1/s1. The first-order chi connectivity index (χ1) is 14.1. The number of fused-ring (bicyclic) bond motifs is 1. The number of benzene rings is 2. The van der Waals surface area contributed by atoms with Crippen LogP contribution in [0, 0.1) is 11.3 Å². The van der Waals surface area contributed by atoms with Crippen molar-refractivity contribution < 1.29 is 14.6 Å². The zero-order valence-electron chi connectivity index (χ0n) is 16.8. The molecule has 2 aliphatic heterocycles. The Morgan fingerprint density at radius 1 is 1.17 bits per heavy atom. The van der Waals surface area contributed by atoms with Crippen molar-refractivity contribution >= 4 is 5.91 Å². The Morgan fingerprint density at radius 3 is 2.69 bits per heavy atom. The number of ether oxygens (including phenoxy) is 1. The predicted octanol–water partition coefficient (Wildman–Crippen LogP) is 2.50. The number of likely N-dealkylation sites (tertiary alicyclic amines) is 1. The summed E-state index contributed by atoms with van der Waals surface area (Å²) in [4.78, 5) is 16.3. The number of aliphatic hydroxyl groups is 1. The van der Waals surface area contributed by atoms with Crippen molar-refractivity contribution in [1.29, 1.82) is 0 Å². The first kappa shape index (κ1) is 18.6. The highest BCUT2D eigenvalue weighted by Gasteiger charge is 2.71. The van der Waals surface area contributed by atoms with Crippen LogP contribution < -0.4 is 4.74 Å². The molecule has 0 unspecified atom stereocenters. The van der Waals surface area contributed by atoms with Crippen molar-refractivity contribution in [2.75, 3.05) is 32.8 Å². The molecule has 29 heavy (non-hydrogen) atoms. The van der Waals surface area contributed by atoms with Crippen molar-refractivity contribution in [3.63, 3.8) is 0 Å². The van der Waals surface area contributed by atoms with E-state index in [9.17, 15) is 9.90 Å². The molecule has 1 N–H and O–H groups in total. The minimum Gasteiger partial charge on any atom is -0.492 e. The third-order valence-corrected chi connectivity index (χ3v) is 7.13. The van der Waals surface area contributed by atoms with Crippen molar-refractivity contribution in [3.8, 4) is 5.75 Å². The van der Waals surface area contributed by atoms with Crippen LogP contribution in [0.1, 0.15) is 24.0 Å².